The van der Waals surface area contributed by atoms with Crippen molar-refractivity contribution in [1.82, 2.24) is 0 Å². The molecule has 1 atom stereocenters. The van der Waals surface area contributed by atoms with E-state index in [4.69, 9.17) is 0 Å². The van der Waals surface area contributed by atoms with Crippen LogP contribution in [0.5, 0.6) is 0 Å². The summed E-state index contributed by atoms with van der Waals surface area (Å²) in [6.07, 6.45) is 3.50. The molecular weight excluding hydrogens is 392 g/mol. The Morgan fingerprint density at radius 1 is 0.741 bits per heavy atom. The first-order valence-electron chi connectivity index (χ1n) is 9.71. The summed E-state index contributed by atoms with van der Waals surface area (Å²) in [5.41, 5.74) is 12.9. The third-order valence-corrected chi connectivity index (χ3v) is 7.01. The molecule has 2 aliphatic carbocycles. The highest BCUT2D eigenvalue weighted by molar-refractivity contribution is 9.10. The maximum Gasteiger partial charge on any atom is 0.0250 e. The van der Waals surface area contributed by atoms with Gasteiger partial charge in [0, 0.05) is 16.3 Å². The van der Waals surface area contributed by atoms with Gasteiger partial charge in [0.1, 0.15) is 0 Å². The average Bonchev–Trinajstić information content (AvgIpc) is 3.12. The number of rotatable bonds is 2. The van der Waals surface area contributed by atoms with E-state index in [1.54, 1.807) is 0 Å². The summed E-state index contributed by atoms with van der Waals surface area (Å²) in [7, 11) is 0. The molecule has 0 N–H and O–H groups in total. The molecule has 0 radical (unpaired) electrons. The van der Waals surface area contributed by atoms with Crippen molar-refractivity contribution in [3.63, 3.8) is 0 Å². The first kappa shape index (κ1) is 17.0. The minimum Gasteiger partial charge on any atom is -0.0651 e. The molecule has 0 aliphatic heterocycles. The van der Waals surface area contributed by atoms with Crippen LogP contribution < -0.4 is 0 Å². The minimum absolute atomic E-state index is 0.467. The summed E-state index contributed by atoms with van der Waals surface area (Å²) in [6, 6.07) is 20.6. The van der Waals surface area contributed by atoms with E-state index < -0.39 is 0 Å². The lowest BCUT2D eigenvalue weighted by atomic mass is 9.82. The van der Waals surface area contributed by atoms with Crippen molar-refractivity contribution in [2.45, 2.75) is 39.0 Å². The van der Waals surface area contributed by atoms with Crippen LogP contribution in [0.2, 0.25) is 0 Å². The van der Waals surface area contributed by atoms with Crippen LogP contribution in [0.15, 0.2) is 64.6 Å². The summed E-state index contributed by atoms with van der Waals surface area (Å²) in [5, 5.41) is 0. The quantitative estimate of drug-likeness (QED) is 0.401. The molecule has 0 nitrogen and oxygen atoms in total. The van der Waals surface area contributed by atoms with Crippen molar-refractivity contribution in [2.75, 3.05) is 0 Å². The lowest BCUT2D eigenvalue weighted by Crippen LogP contribution is -2.06. The Labute approximate surface area is 170 Å². The fourth-order valence-electron chi connectivity index (χ4n) is 4.97. The Balaban J connectivity index is 1.62. The molecule has 1 unspecified atom stereocenters. The predicted octanol–water partition coefficient (Wildman–Crippen LogP) is 7.77. The number of hydrogen-bond donors (Lipinski definition) is 0. The Kier molecular flexibility index (Phi) is 3.91. The SMILES string of the molecule is CC1=Cc2c(Br)cccc2C1CC1c2ccc(C)cc2-c2cc(C)ccc21. The summed E-state index contributed by atoms with van der Waals surface area (Å²) >= 11 is 3.74. The van der Waals surface area contributed by atoms with Gasteiger partial charge in [0.05, 0.1) is 0 Å². The van der Waals surface area contributed by atoms with Gasteiger partial charge in [-0.25, -0.2) is 0 Å². The third-order valence-electron chi connectivity index (χ3n) is 6.31. The monoisotopic (exact) mass is 414 g/mol. The molecular formula is C26H23Br. The maximum atomic E-state index is 3.74. The second-order valence-electron chi connectivity index (χ2n) is 8.15. The lowest BCUT2D eigenvalue weighted by Gasteiger charge is -2.21. The van der Waals surface area contributed by atoms with E-state index in [1.165, 1.54) is 54.6 Å². The number of allylic oxidation sites excluding steroid dienone is 1. The van der Waals surface area contributed by atoms with Crippen molar-refractivity contribution in [3.8, 4) is 11.1 Å². The van der Waals surface area contributed by atoms with Crippen LogP contribution in [-0.2, 0) is 0 Å². The third kappa shape index (κ3) is 2.63. The van der Waals surface area contributed by atoms with Gasteiger partial charge in [-0.2, -0.15) is 0 Å². The smallest absolute Gasteiger partial charge is 0.0250 e. The highest BCUT2D eigenvalue weighted by Gasteiger charge is 2.33. The molecule has 1 heteroatoms. The van der Waals surface area contributed by atoms with Gasteiger partial charge in [-0.15, -0.1) is 0 Å². The van der Waals surface area contributed by atoms with Crippen molar-refractivity contribution in [3.05, 3.63) is 98.0 Å². The van der Waals surface area contributed by atoms with Gasteiger partial charge in [0.15, 0.2) is 0 Å². The fraction of sp³-hybridized carbons (Fsp3) is 0.231. The molecule has 0 amide bonds. The Morgan fingerprint density at radius 3 is 2.00 bits per heavy atom. The van der Waals surface area contributed by atoms with Crippen LogP contribution in [0.4, 0.5) is 0 Å². The second kappa shape index (κ2) is 6.21. The van der Waals surface area contributed by atoms with Gasteiger partial charge in [0.2, 0.25) is 0 Å². The summed E-state index contributed by atoms with van der Waals surface area (Å²) in [5.74, 6) is 0.957. The van der Waals surface area contributed by atoms with E-state index in [0.717, 1.165) is 6.42 Å². The van der Waals surface area contributed by atoms with E-state index in [0.29, 0.717) is 11.8 Å². The van der Waals surface area contributed by atoms with Crippen molar-refractivity contribution >= 4 is 22.0 Å². The molecule has 134 valence electrons. The van der Waals surface area contributed by atoms with Crippen molar-refractivity contribution in [2.24, 2.45) is 0 Å². The Morgan fingerprint density at radius 2 is 1.37 bits per heavy atom. The summed E-state index contributed by atoms with van der Waals surface area (Å²) in [4.78, 5) is 0. The first-order valence-corrected chi connectivity index (χ1v) is 10.5. The van der Waals surface area contributed by atoms with Crippen molar-refractivity contribution in [1.29, 1.82) is 0 Å². The minimum atomic E-state index is 0.467. The number of halogens is 1. The van der Waals surface area contributed by atoms with Crippen LogP contribution in [-0.4, -0.2) is 0 Å². The van der Waals surface area contributed by atoms with E-state index >= 15 is 0 Å². The van der Waals surface area contributed by atoms with E-state index in [2.05, 4.69) is 97.4 Å². The molecule has 0 aromatic heterocycles. The lowest BCUT2D eigenvalue weighted by molar-refractivity contribution is 0.652. The van der Waals surface area contributed by atoms with Crippen molar-refractivity contribution < 1.29 is 0 Å². The normalized spacial score (nSPS) is 17.5. The first-order chi connectivity index (χ1) is 13.0. The van der Waals surface area contributed by atoms with Gasteiger partial charge >= 0.3 is 0 Å². The summed E-state index contributed by atoms with van der Waals surface area (Å²) in [6.45, 7) is 6.68. The molecule has 3 aromatic rings. The van der Waals surface area contributed by atoms with Crippen LogP contribution in [0.3, 0.4) is 0 Å². The van der Waals surface area contributed by atoms with Crippen LogP contribution in [0.25, 0.3) is 17.2 Å². The zero-order valence-corrected chi connectivity index (χ0v) is 17.6. The van der Waals surface area contributed by atoms with Crippen LogP contribution in [0.1, 0.15) is 58.6 Å². The molecule has 5 rings (SSSR count). The van der Waals surface area contributed by atoms with Crippen LogP contribution in [0, 0.1) is 13.8 Å². The predicted molar refractivity (Wildman–Crippen MR) is 118 cm³/mol. The molecule has 0 fully saturated rings. The number of benzene rings is 3. The fourth-order valence-corrected chi connectivity index (χ4v) is 5.46. The second-order valence-corrected chi connectivity index (χ2v) is 9.01. The van der Waals surface area contributed by atoms with Gasteiger partial charge in [-0.1, -0.05) is 87.2 Å². The van der Waals surface area contributed by atoms with Crippen LogP contribution >= 0.6 is 15.9 Å². The maximum absolute atomic E-state index is 3.74. The molecule has 0 bridgehead atoms. The summed E-state index contributed by atoms with van der Waals surface area (Å²) < 4.78 is 1.21. The molecule has 0 spiro atoms. The molecule has 0 saturated heterocycles. The Hall–Kier alpha value is -2.12. The van der Waals surface area contributed by atoms with E-state index in [1.807, 2.05) is 0 Å². The zero-order valence-electron chi connectivity index (χ0n) is 16.0. The molecule has 27 heavy (non-hydrogen) atoms. The van der Waals surface area contributed by atoms with Gasteiger partial charge in [-0.05, 0) is 66.6 Å². The molecule has 0 saturated carbocycles. The number of hydrogen-bond acceptors (Lipinski definition) is 0. The Bertz CT molecular complexity index is 1050. The number of aryl methyl sites for hydroxylation is 2. The van der Waals surface area contributed by atoms with Gasteiger partial charge in [-0.3, -0.25) is 0 Å². The average molecular weight is 415 g/mol. The highest BCUT2D eigenvalue weighted by atomic mass is 79.9. The number of fused-ring (bicyclic) bond motifs is 4. The topological polar surface area (TPSA) is 0 Å². The van der Waals surface area contributed by atoms with E-state index in [-0.39, 0.29) is 0 Å². The largest absolute Gasteiger partial charge is 0.0651 e. The molecule has 3 aromatic carbocycles. The van der Waals surface area contributed by atoms with Gasteiger partial charge < -0.3 is 0 Å². The molecule has 2 aliphatic rings. The zero-order chi connectivity index (χ0) is 18.7. The standard InChI is InChI=1S/C26H23Br/c1-15-7-9-19-22(11-15)23-12-16(2)8-10-20(23)24(19)14-21-17(3)13-25-18(21)5-4-6-26(25)27/h4-13,21,24H,14H2,1-3H3. The molecule has 0 heterocycles. The van der Waals surface area contributed by atoms with Gasteiger partial charge in [0.25, 0.3) is 0 Å². The highest BCUT2D eigenvalue weighted by Crippen LogP contribution is 2.52. The van der Waals surface area contributed by atoms with E-state index in [9.17, 15) is 0 Å².